The summed E-state index contributed by atoms with van der Waals surface area (Å²) >= 11 is 0. The van der Waals surface area contributed by atoms with E-state index in [2.05, 4.69) is 0 Å². The number of aliphatic hydroxyl groups excluding tert-OH is 1. The van der Waals surface area contributed by atoms with Crippen molar-refractivity contribution in [2.45, 2.75) is 5.92 Å². The van der Waals surface area contributed by atoms with Crippen molar-refractivity contribution in [2.24, 2.45) is 0 Å². The van der Waals surface area contributed by atoms with Crippen LogP contribution in [0.3, 0.4) is 0 Å². The molecule has 0 saturated carbocycles. The van der Waals surface area contributed by atoms with E-state index >= 15 is 0 Å². The Morgan fingerprint density at radius 1 is 1.11 bits per heavy atom. The number of fused-ring (bicyclic) bond motifs is 3. The lowest BCUT2D eigenvalue weighted by atomic mass is 9.98. The van der Waals surface area contributed by atoms with Crippen molar-refractivity contribution in [3.63, 3.8) is 0 Å². The molecule has 1 aliphatic rings. The lowest BCUT2D eigenvalue weighted by molar-refractivity contribution is 0.144. The molecule has 2 aromatic rings. The molecule has 4 nitrogen and oxygen atoms in total. The van der Waals surface area contributed by atoms with Gasteiger partial charge in [-0.25, -0.2) is 4.79 Å². The fraction of sp³-hybridized carbons (Fsp3) is 0.133. The summed E-state index contributed by atoms with van der Waals surface area (Å²) in [6, 6.07) is 12.9. The zero-order valence-corrected chi connectivity index (χ0v) is 10.0. The number of aliphatic hydroxyl groups is 1. The highest BCUT2D eigenvalue weighted by atomic mass is 16.7. The van der Waals surface area contributed by atoms with Gasteiger partial charge in [0.25, 0.3) is 0 Å². The first kappa shape index (κ1) is 11.7. The predicted molar refractivity (Wildman–Crippen MR) is 69.5 cm³/mol. The Bertz CT molecular complexity index is 648. The molecule has 19 heavy (non-hydrogen) atoms. The van der Waals surface area contributed by atoms with Gasteiger partial charge in [0.05, 0.1) is 6.61 Å². The maximum Gasteiger partial charge on any atom is 0.511 e. The van der Waals surface area contributed by atoms with E-state index in [1.807, 2.05) is 30.3 Å². The van der Waals surface area contributed by atoms with E-state index in [-0.39, 0.29) is 12.5 Å². The van der Waals surface area contributed by atoms with Crippen LogP contribution in [0.1, 0.15) is 17.0 Å². The molecule has 3 rings (SSSR count). The Morgan fingerprint density at radius 2 is 1.84 bits per heavy atom. The molecule has 0 saturated heterocycles. The van der Waals surface area contributed by atoms with Crippen LogP contribution in [-0.4, -0.2) is 23.0 Å². The predicted octanol–water partition coefficient (Wildman–Crippen LogP) is 2.85. The van der Waals surface area contributed by atoms with Gasteiger partial charge < -0.3 is 14.9 Å². The molecule has 0 radical (unpaired) electrons. The van der Waals surface area contributed by atoms with Crippen LogP contribution >= 0.6 is 0 Å². The van der Waals surface area contributed by atoms with Crippen molar-refractivity contribution in [1.29, 1.82) is 0 Å². The first-order valence-electron chi connectivity index (χ1n) is 5.96. The molecule has 0 spiro atoms. The molecule has 0 aromatic heterocycles. The highest BCUT2D eigenvalue weighted by Gasteiger charge is 2.30. The smallest absolute Gasteiger partial charge is 0.449 e. The molecule has 96 valence electrons. The number of carbonyl (C=O) groups is 1. The lowest BCUT2D eigenvalue weighted by Gasteiger charge is -2.10. The highest BCUT2D eigenvalue weighted by Crippen LogP contribution is 2.48. The first-order valence-corrected chi connectivity index (χ1v) is 5.96. The molecule has 0 bridgehead atoms. The minimum atomic E-state index is -1.33. The molecule has 4 heteroatoms. The van der Waals surface area contributed by atoms with Crippen LogP contribution in [0.2, 0.25) is 0 Å². The van der Waals surface area contributed by atoms with Crippen LogP contribution in [0.5, 0.6) is 5.75 Å². The van der Waals surface area contributed by atoms with Crippen molar-refractivity contribution in [2.75, 3.05) is 6.61 Å². The summed E-state index contributed by atoms with van der Waals surface area (Å²) in [5.41, 5.74) is 3.59. The van der Waals surface area contributed by atoms with Crippen molar-refractivity contribution >= 4 is 6.16 Å². The van der Waals surface area contributed by atoms with Crippen LogP contribution in [-0.2, 0) is 0 Å². The number of benzene rings is 2. The van der Waals surface area contributed by atoms with E-state index in [9.17, 15) is 9.90 Å². The summed E-state index contributed by atoms with van der Waals surface area (Å²) in [6.45, 7) is -0.0134. The largest absolute Gasteiger partial charge is 0.511 e. The Labute approximate surface area is 109 Å². The fourth-order valence-electron chi connectivity index (χ4n) is 2.70. The molecular weight excluding hydrogens is 244 g/mol. The summed E-state index contributed by atoms with van der Waals surface area (Å²) in [6.07, 6.45) is -1.33. The molecule has 1 atom stereocenters. The normalized spacial score (nSPS) is 15.7. The Balaban J connectivity index is 2.24. The number of hydrogen-bond donors (Lipinski definition) is 2. The molecule has 1 unspecified atom stereocenters. The standard InChI is InChI=1S/C15H12O4/c16-8-12-9-4-1-2-5-10(9)14-11(12)6-3-7-13(14)19-15(17)18/h1-7,12,16H,8H2,(H,17,18). The molecule has 0 heterocycles. The van der Waals surface area contributed by atoms with E-state index in [1.165, 1.54) is 0 Å². The number of hydrogen-bond acceptors (Lipinski definition) is 3. The average Bonchev–Trinajstić information content (AvgIpc) is 2.72. The van der Waals surface area contributed by atoms with Crippen LogP contribution < -0.4 is 4.74 Å². The Kier molecular flexibility index (Phi) is 2.72. The molecule has 2 N–H and O–H groups in total. The second kappa shape index (κ2) is 4.40. The molecule has 0 amide bonds. The molecule has 0 fully saturated rings. The number of ether oxygens (including phenoxy) is 1. The van der Waals surface area contributed by atoms with Crippen molar-refractivity contribution in [3.8, 4) is 16.9 Å². The van der Waals surface area contributed by atoms with Gasteiger partial charge in [0.1, 0.15) is 5.75 Å². The molecule has 0 aliphatic heterocycles. The quantitative estimate of drug-likeness (QED) is 0.640. The molecule has 1 aliphatic carbocycles. The van der Waals surface area contributed by atoms with E-state index in [0.717, 1.165) is 22.3 Å². The minimum Gasteiger partial charge on any atom is -0.449 e. The van der Waals surface area contributed by atoms with Gasteiger partial charge in [0.2, 0.25) is 0 Å². The van der Waals surface area contributed by atoms with E-state index in [0.29, 0.717) is 5.75 Å². The summed E-state index contributed by atoms with van der Waals surface area (Å²) in [7, 11) is 0. The zero-order valence-electron chi connectivity index (χ0n) is 10.0. The van der Waals surface area contributed by atoms with Gasteiger partial charge in [-0.05, 0) is 22.8 Å². The second-order valence-electron chi connectivity index (χ2n) is 4.41. The Hall–Kier alpha value is -2.33. The maximum atomic E-state index is 10.8. The van der Waals surface area contributed by atoms with Gasteiger partial charge in [0.15, 0.2) is 0 Å². The van der Waals surface area contributed by atoms with E-state index in [4.69, 9.17) is 9.84 Å². The monoisotopic (exact) mass is 256 g/mol. The summed E-state index contributed by atoms with van der Waals surface area (Å²) in [4.78, 5) is 10.8. The molecule has 2 aromatic carbocycles. The van der Waals surface area contributed by atoms with Gasteiger partial charge in [-0.15, -0.1) is 0 Å². The van der Waals surface area contributed by atoms with Gasteiger partial charge in [-0.3, -0.25) is 0 Å². The van der Waals surface area contributed by atoms with E-state index in [1.54, 1.807) is 12.1 Å². The van der Waals surface area contributed by atoms with Gasteiger partial charge in [-0.2, -0.15) is 0 Å². The van der Waals surface area contributed by atoms with Gasteiger partial charge >= 0.3 is 6.16 Å². The third-order valence-corrected chi connectivity index (χ3v) is 3.42. The number of carboxylic acid groups (broad SMARTS) is 1. The SMILES string of the molecule is O=C(O)Oc1cccc2c1-c1ccccc1C2CO. The van der Waals surface area contributed by atoms with Gasteiger partial charge in [0, 0.05) is 11.5 Å². The maximum absolute atomic E-state index is 10.8. The van der Waals surface area contributed by atoms with Crippen molar-refractivity contribution < 1.29 is 19.7 Å². The average molecular weight is 256 g/mol. The summed E-state index contributed by atoms with van der Waals surface area (Å²) in [5, 5.41) is 18.4. The van der Waals surface area contributed by atoms with Crippen LogP contribution in [0, 0.1) is 0 Å². The second-order valence-corrected chi connectivity index (χ2v) is 4.41. The first-order chi connectivity index (χ1) is 9.22. The van der Waals surface area contributed by atoms with E-state index < -0.39 is 6.16 Å². The highest BCUT2D eigenvalue weighted by molar-refractivity contribution is 5.85. The molecular formula is C15H12O4. The zero-order chi connectivity index (χ0) is 13.4. The van der Waals surface area contributed by atoms with Gasteiger partial charge in [-0.1, -0.05) is 36.4 Å². The minimum absolute atomic E-state index is 0.0134. The summed E-state index contributed by atoms with van der Waals surface area (Å²) < 4.78 is 4.84. The van der Waals surface area contributed by atoms with Crippen molar-refractivity contribution in [3.05, 3.63) is 53.6 Å². The third kappa shape index (κ3) is 1.77. The third-order valence-electron chi connectivity index (χ3n) is 3.42. The van der Waals surface area contributed by atoms with Crippen LogP contribution in [0.25, 0.3) is 11.1 Å². The lowest BCUT2D eigenvalue weighted by Crippen LogP contribution is -2.05. The summed E-state index contributed by atoms with van der Waals surface area (Å²) in [5.74, 6) is 0.192. The number of rotatable bonds is 2. The van der Waals surface area contributed by atoms with Crippen LogP contribution in [0.15, 0.2) is 42.5 Å². The van der Waals surface area contributed by atoms with Crippen LogP contribution in [0.4, 0.5) is 4.79 Å². The fourth-order valence-corrected chi connectivity index (χ4v) is 2.70. The Morgan fingerprint density at radius 3 is 2.58 bits per heavy atom. The topological polar surface area (TPSA) is 66.8 Å². The van der Waals surface area contributed by atoms with Crippen molar-refractivity contribution in [1.82, 2.24) is 0 Å².